The number of carbonyl (C=O) groups excluding carboxylic acids is 1. The Bertz CT molecular complexity index is 704. The van der Waals surface area contributed by atoms with Crippen LogP contribution in [0.2, 0.25) is 0 Å². The van der Waals surface area contributed by atoms with Crippen molar-refractivity contribution in [1.29, 1.82) is 0 Å². The lowest BCUT2D eigenvalue weighted by molar-refractivity contribution is 0.0546. The summed E-state index contributed by atoms with van der Waals surface area (Å²) >= 11 is 0. The minimum Gasteiger partial charge on any atom is -0.393 e. The lowest BCUT2D eigenvalue weighted by Gasteiger charge is -2.29. The Balaban J connectivity index is 1.76. The molecule has 1 N–H and O–H groups in total. The highest BCUT2D eigenvalue weighted by molar-refractivity contribution is 5.94. The highest BCUT2D eigenvalue weighted by Gasteiger charge is 2.22. The molecule has 3 rings (SSSR count). The monoisotopic (exact) mass is 313 g/mol. The van der Waals surface area contributed by atoms with Crippen LogP contribution in [0.15, 0.2) is 42.5 Å². The van der Waals surface area contributed by atoms with Crippen LogP contribution in [0, 0.1) is 12.7 Å². The number of nitrogens with zero attached hydrogens (tertiary/aromatic N) is 1. The van der Waals surface area contributed by atoms with Crippen molar-refractivity contribution in [2.45, 2.75) is 25.9 Å². The SMILES string of the molecule is Cc1cc(-c2ccc(C(=O)N3CCC(O)CC3)cc2)ccc1F. The fourth-order valence-electron chi connectivity index (χ4n) is 2.88. The number of rotatable bonds is 2. The first-order valence-electron chi connectivity index (χ1n) is 7.88. The maximum Gasteiger partial charge on any atom is 0.253 e. The van der Waals surface area contributed by atoms with Gasteiger partial charge in [0.2, 0.25) is 0 Å². The van der Waals surface area contributed by atoms with E-state index in [-0.39, 0.29) is 17.8 Å². The van der Waals surface area contributed by atoms with E-state index < -0.39 is 0 Å². The lowest BCUT2D eigenvalue weighted by atomic mass is 10.0. The van der Waals surface area contributed by atoms with E-state index in [1.807, 2.05) is 12.1 Å². The number of hydrogen-bond acceptors (Lipinski definition) is 2. The number of aryl methyl sites for hydroxylation is 1. The summed E-state index contributed by atoms with van der Waals surface area (Å²) in [5.41, 5.74) is 3.14. The van der Waals surface area contributed by atoms with E-state index in [0.717, 1.165) is 11.1 Å². The number of piperidine rings is 1. The van der Waals surface area contributed by atoms with E-state index in [9.17, 15) is 14.3 Å². The van der Waals surface area contributed by atoms with Gasteiger partial charge in [0.15, 0.2) is 0 Å². The van der Waals surface area contributed by atoms with Crippen molar-refractivity contribution in [3.05, 3.63) is 59.4 Å². The van der Waals surface area contributed by atoms with Gasteiger partial charge < -0.3 is 10.0 Å². The minimum absolute atomic E-state index is 0.00117. The highest BCUT2D eigenvalue weighted by Crippen LogP contribution is 2.23. The summed E-state index contributed by atoms with van der Waals surface area (Å²) in [6.07, 6.45) is 0.986. The quantitative estimate of drug-likeness (QED) is 0.923. The largest absolute Gasteiger partial charge is 0.393 e. The van der Waals surface area contributed by atoms with Crippen LogP contribution in [-0.4, -0.2) is 35.1 Å². The molecule has 0 radical (unpaired) electrons. The Morgan fingerprint density at radius 1 is 1.09 bits per heavy atom. The average molecular weight is 313 g/mol. The summed E-state index contributed by atoms with van der Waals surface area (Å²) < 4.78 is 13.3. The summed E-state index contributed by atoms with van der Waals surface area (Å²) in [6.45, 7) is 2.93. The molecule has 0 aliphatic carbocycles. The van der Waals surface area contributed by atoms with E-state index in [0.29, 0.717) is 37.1 Å². The number of halogens is 1. The summed E-state index contributed by atoms with van der Waals surface area (Å²) in [6, 6.07) is 12.4. The molecule has 1 heterocycles. The Hall–Kier alpha value is -2.20. The molecule has 1 saturated heterocycles. The number of benzene rings is 2. The molecule has 1 fully saturated rings. The van der Waals surface area contributed by atoms with Crippen molar-refractivity contribution >= 4 is 5.91 Å². The molecule has 0 saturated carbocycles. The topological polar surface area (TPSA) is 40.5 Å². The van der Waals surface area contributed by atoms with Crippen molar-refractivity contribution < 1.29 is 14.3 Å². The fourth-order valence-corrected chi connectivity index (χ4v) is 2.88. The number of hydrogen-bond donors (Lipinski definition) is 1. The van der Waals surface area contributed by atoms with Gasteiger partial charge in [-0.25, -0.2) is 4.39 Å². The van der Waals surface area contributed by atoms with E-state index in [4.69, 9.17) is 0 Å². The first-order valence-corrected chi connectivity index (χ1v) is 7.88. The van der Waals surface area contributed by atoms with Crippen LogP contribution in [-0.2, 0) is 0 Å². The van der Waals surface area contributed by atoms with E-state index in [1.165, 1.54) is 6.07 Å². The van der Waals surface area contributed by atoms with Crippen molar-refractivity contribution in [2.24, 2.45) is 0 Å². The minimum atomic E-state index is -0.289. The van der Waals surface area contributed by atoms with Crippen molar-refractivity contribution in [1.82, 2.24) is 4.90 Å². The zero-order valence-corrected chi connectivity index (χ0v) is 13.1. The Morgan fingerprint density at radius 2 is 1.70 bits per heavy atom. The van der Waals surface area contributed by atoms with Crippen LogP contribution in [0.4, 0.5) is 4.39 Å². The van der Waals surface area contributed by atoms with Crippen LogP contribution in [0.1, 0.15) is 28.8 Å². The maximum atomic E-state index is 13.3. The number of likely N-dealkylation sites (tertiary alicyclic amines) is 1. The fraction of sp³-hybridized carbons (Fsp3) is 0.316. The third-order valence-electron chi connectivity index (χ3n) is 4.37. The molecule has 120 valence electrons. The molecule has 0 aromatic heterocycles. The van der Waals surface area contributed by atoms with E-state index in [1.54, 1.807) is 36.1 Å². The summed E-state index contributed by atoms with van der Waals surface area (Å²) in [7, 11) is 0. The molecular weight excluding hydrogens is 293 g/mol. The number of aliphatic hydroxyl groups excluding tert-OH is 1. The predicted molar refractivity (Wildman–Crippen MR) is 87.7 cm³/mol. The van der Waals surface area contributed by atoms with Gasteiger partial charge >= 0.3 is 0 Å². The maximum absolute atomic E-state index is 13.3. The normalized spacial score (nSPS) is 15.7. The Morgan fingerprint density at radius 3 is 2.30 bits per heavy atom. The molecule has 0 unspecified atom stereocenters. The standard InChI is InChI=1S/C19H20FNO2/c1-13-12-16(6-7-18(13)20)14-2-4-15(5-3-14)19(23)21-10-8-17(22)9-11-21/h2-7,12,17,22H,8-11H2,1H3. The molecule has 1 aliphatic rings. The first kappa shape index (κ1) is 15.7. The van der Waals surface area contributed by atoms with Gasteiger partial charge in [-0.1, -0.05) is 18.2 Å². The zero-order chi connectivity index (χ0) is 16.4. The van der Waals surface area contributed by atoms with Gasteiger partial charge in [0, 0.05) is 18.7 Å². The van der Waals surface area contributed by atoms with Gasteiger partial charge in [0.1, 0.15) is 5.82 Å². The van der Waals surface area contributed by atoms with Crippen LogP contribution in [0.5, 0.6) is 0 Å². The van der Waals surface area contributed by atoms with Crippen LogP contribution in [0.3, 0.4) is 0 Å². The predicted octanol–water partition coefficient (Wildman–Crippen LogP) is 3.40. The lowest BCUT2D eigenvalue weighted by Crippen LogP contribution is -2.40. The molecule has 2 aromatic carbocycles. The van der Waals surface area contributed by atoms with E-state index >= 15 is 0 Å². The smallest absolute Gasteiger partial charge is 0.253 e. The van der Waals surface area contributed by atoms with Crippen LogP contribution in [0.25, 0.3) is 11.1 Å². The van der Waals surface area contributed by atoms with Gasteiger partial charge in [-0.05, 0) is 60.7 Å². The number of amides is 1. The van der Waals surface area contributed by atoms with Gasteiger partial charge in [-0.2, -0.15) is 0 Å². The zero-order valence-electron chi connectivity index (χ0n) is 13.1. The second kappa shape index (κ2) is 6.50. The molecule has 2 aromatic rings. The summed E-state index contributed by atoms with van der Waals surface area (Å²) in [4.78, 5) is 14.2. The van der Waals surface area contributed by atoms with Crippen molar-refractivity contribution in [3.63, 3.8) is 0 Å². The average Bonchev–Trinajstić information content (AvgIpc) is 2.57. The van der Waals surface area contributed by atoms with Crippen LogP contribution < -0.4 is 0 Å². The third-order valence-corrected chi connectivity index (χ3v) is 4.37. The number of aliphatic hydroxyl groups is 1. The third kappa shape index (κ3) is 3.42. The molecule has 0 bridgehead atoms. The molecule has 0 atom stereocenters. The Kier molecular flexibility index (Phi) is 4.44. The number of carbonyl (C=O) groups is 1. The molecule has 23 heavy (non-hydrogen) atoms. The molecule has 1 amide bonds. The highest BCUT2D eigenvalue weighted by atomic mass is 19.1. The Labute approximate surface area is 135 Å². The van der Waals surface area contributed by atoms with Crippen molar-refractivity contribution in [3.8, 4) is 11.1 Å². The van der Waals surface area contributed by atoms with Crippen molar-refractivity contribution in [2.75, 3.05) is 13.1 Å². The van der Waals surface area contributed by atoms with Gasteiger partial charge in [0.25, 0.3) is 5.91 Å². The van der Waals surface area contributed by atoms with E-state index in [2.05, 4.69) is 0 Å². The molecule has 1 aliphatic heterocycles. The molecule has 3 nitrogen and oxygen atoms in total. The second-order valence-electron chi connectivity index (χ2n) is 6.06. The van der Waals surface area contributed by atoms with Gasteiger partial charge in [-0.3, -0.25) is 4.79 Å². The summed E-state index contributed by atoms with van der Waals surface area (Å²) in [5.74, 6) is -0.216. The molecule has 0 spiro atoms. The summed E-state index contributed by atoms with van der Waals surface area (Å²) in [5, 5.41) is 9.52. The molecular formula is C19H20FNO2. The van der Waals surface area contributed by atoms with Crippen LogP contribution >= 0.6 is 0 Å². The van der Waals surface area contributed by atoms with Gasteiger partial charge in [-0.15, -0.1) is 0 Å². The van der Waals surface area contributed by atoms with Gasteiger partial charge in [0.05, 0.1) is 6.10 Å². The first-order chi connectivity index (χ1) is 11.0. The molecule has 4 heteroatoms. The second-order valence-corrected chi connectivity index (χ2v) is 6.06.